The molecule has 0 N–H and O–H groups in total. The third-order valence-electron chi connectivity index (χ3n) is 3.19. The number of hydrogen-bond donors (Lipinski definition) is 1. The van der Waals surface area contributed by atoms with E-state index in [4.69, 9.17) is 9.47 Å². The van der Waals surface area contributed by atoms with Gasteiger partial charge in [0.1, 0.15) is 0 Å². The predicted octanol–water partition coefficient (Wildman–Crippen LogP) is 2.75. The summed E-state index contributed by atoms with van der Waals surface area (Å²) in [6.45, 7) is 3.32. The smallest absolute Gasteiger partial charge is 0.0542 e. The Morgan fingerprint density at radius 1 is 1.35 bits per heavy atom. The molecule has 2 rings (SSSR count). The largest absolute Gasteiger partial charge is 0.381 e. The van der Waals surface area contributed by atoms with Gasteiger partial charge in [-0.25, -0.2) is 0 Å². The van der Waals surface area contributed by atoms with Gasteiger partial charge in [-0.15, -0.1) is 0 Å². The van der Waals surface area contributed by atoms with Crippen LogP contribution in [-0.2, 0) is 9.47 Å². The van der Waals surface area contributed by atoms with Crippen molar-refractivity contribution in [3.05, 3.63) is 35.9 Å². The summed E-state index contributed by atoms with van der Waals surface area (Å²) in [5.41, 5.74) is 1.31. The molecule has 3 heteroatoms. The van der Waals surface area contributed by atoms with Crippen molar-refractivity contribution in [2.45, 2.75) is 12.3 Å². The maximum atomic E-state index is 5.80. The van der Waals surface area contributed by atoms with Gasteiger partial charge in [-0.2, -0.15) is 12.6 Å². The van der Waals surface area contributed by atoms with Gasteiger partial charge in [-0.05, 0) is 17.7 Å². The molecular formula is C14H20O2S. The lowest BCUT2D eigenvalue weighted by atomic mass is 10.0. The molecule has 1 aromatic carbocycles. The summed E-state index contributed by atoms with van der Waals surface area (Å²) in [6.07, 6.45) is 1.14. The summed E-state index contributed by atoms with van der Waals surface area (Å²) in [5, 5.41) is 0. The van der Waals surface area contributed by atoms with Crippen LogP contribution in [0, 0.1) is 5.92 Å². The highest BCUT2D eigenvalue weighted by molar-refractivity contribution is 7.80. The number of hydrogen-bond acceptors (Lipinski definition) is 3. The summed E-state index contributed by atoms with van der Waals surface area (Å²) < 4.78 is 11.1. The molecule has 1 heterocycles. The van der Waals surface area contributed by atoms with Gasteiger partial charge in [0.25, 0.3) is 0 Å². The molecule has 17 heavy (non-hydrogen) atoms. The Morgan fingerprint density at radius 3 is 2.82 bits per heavy atom. The molecule has 2 nitrogen and oxygen atoms in total. The molecule has 2 atom stereocenters. The Bertz CT molecular complexity index is 309. The molecule has 0 bridgehead atoms. The van der Waals surface area contributed by atoms with Crippen LogP contribution in [-0.4, -0.2) is 32.2 Å². The zero-order chi connectivity index (χ0) is 11.9. The van der Waals surface area contributed by atoms with Crippen LogP contribution < -0.4 is 0 Å². The van der Waals surface area contributed by atoms with Gasteiger partial charge < -0.3 is 9.47 Å². The molecule has 0 radical (unpaired) electrons. The van der Waals surface area contributed by atoms with Crippen molar-refractivity contribution in [2.24, 2.45) is 5.92 Å². The zero-order valence-electron chi connectivity index (χ0n) is 10.0. The third-order valence-corrected chi connectivity index (χ3v) is 3.63. The first-order valence-electron chi connectivity index (χ1n) is 6.21. The van der Waals surface area contributed by atoms with Gasteiger partial charge >= 0.3 is 0 Å². The van der Waals surface area contributed by atoms with Gasteiger partial charge in [0.2, 0.25) is 0 Å². The first kappa shape index (κ1) is 12.9. The Balaban J connectivity index is 1.75. The van der Waals surface area contributed by atoms with Crippen LogP contribution in [0.1, 0.15) is 17.9 Å². The number of thiol groups is 1. The lowest BCUT2D eigenvalue weighted by Crippen LogP contribution is -2.15. The monoisotopic (exact) mass is 252 g/mol. The van der Waals surface area contributed by atoms with Crippen molar-refractivity contribution in [3.8, 4) is 0 Å². The van der Waals surface area contributed by atoms with Crippen LogP contribution in [0.2, 0.25) is 0 Å². The van der Waals surface area contributed by atoms with Crippen LogP contribution in [0.15, 0.2) is 30.3 Å². The molecule has 0 saturated carbocycles. The Morgan fingerprint density at radius 2 is 2.18 bits per heavy atom. The maximum absolute atomic E-state index is 5.80. The number of ether oxygens (including phenoxy) is 2. The fourth-order valence-corrected chi connectivity index (χ4v) is 2.39. The SMILES string of the molecule is SCC(COCC1CCOC1)c1ccccc1. The van der Waals surface area contributed by atoms with E-state index in [0.717, 1.165) is 38.6 Å². The second kappa shape index (κ2) is 7.04. The molecule has 0 amide bonds. The average Bonchev–Trinajstić information content (AvgIpc) is 2.89. The minimum Gasteiger partial charge on any atom is -0.381 e. The van der Waals surface area contributed by atoms with E-state index in [1.165, 1.54) is 5.56 Å². The van der Waals surface area contributed by atoms with Crippen LogP contribution >= 0.6 is 12.6 Å². The fourth-order valence-electron chi connectivity index (χ4n) is 2.07. The molecule has 2 unspecified atom stereocenters. The molecule has 0 aliphatic carbocycles. The Labute approximate surface area is 109 Å². The van der Waals surface area contributed by atoms with E-state index in [0.29, 0.717) is 11.8 Å². The van der Waals surface area contributed by atoms with E-state index >= 15 is 0 Å². The van der Waals surface area contributed by atoms with Crippen molar-refractivity contribution in [2.75, 3.05) is 32.2 Å². The molecule has 1 aliphatic heterocycles. The van der Waals surface area contributed by atoms with Gasteiger partial charge in [-0.3, -0.25) is 0 Å². The van der Waals surface area contributed by atoms with Gasteiger partial charge in [0.05, 0.1) is 19.8 Å². The Hall–Kier alpha value is -0.510. The molecule has 1 saturated heterocycles. The highest BCUT2D eigenvalue weighted by Gasteiger charge is 2.17. The first-order valence-corrected chi connectivity index (χ1v) is 6.84. The summed E-state index contributed by atoms with van der Waals surface area (Å²) in [4.78, 5) is 0. The minimum atomic E-state index is 0.391. The van der Waals surface area contributed by atoms with Crippen molar-refractivity contribution < 1.29 is 9.47 Å². The number of rotatable bonds is 6. The molecule has 1 fully saturated rings. The highest BCUT2D eigenvalue weighted by atomic mass is 32.1. The van der Waals surface area contributed by atoms with E-state index in [1.807, 2.05) is 6.07 Å². The normalized spacial score (nSPS) is 21.6. The second-order valence-electron chi connectivity index (χ2n) is 4.56. The Kier molecular flexibility index (Phi) is 5.36. The molecule has 0 aromatic heterocycles. The standard InChI is InChI=1S/C14H20O2S/c17-11-14(13-4-2-1-3-5-13)10-16-9-12-6-7-15-8-12/h1-5,12,14,17H,6-11H2. The van der Waals surface area contributed by atoms with Gasteiger partial charge in [0.15, 0.2) is 0 Å². The van der Waals surface area contributed by atoms with Crippen LogP contribution in [0.3, 0.4) is 0 Å². The molecule has 1 aromatic rings. The first-order chi connectivity index (χ1) is 8.40. The average molecular weight is 252 g/mol. The van der Waals surface area contributed by atoms with Crippen molar-refractivity contribution in [1.29, 1.82) is 0 Å². The predicted molar refractivity (Wildman–Crippen MR) is 72.8 cm³/mol. The van der Waals surface area contributed by atoms with E-state index in [2.05, 4.69) is 36.9 Å². The van der Waals surface area contributed by atoms with Gasteiger partial charge in [-0.1, -0.05) is 30.3 Å². The summed E-state index contributed by atoms with van der Waals surface area (Å²) in [7, 11) is 0. The van der Waals surface area contributed by atoms with Gasteiger partial charge in [0, 0.05) is 18.4 Å². The van der Waals surface area contributed by atoms with E-state index in [9.17, 15) is 0 Å². The topological polar surface area (TPSA) is 18.5 Å². The van der Waals surface area contributed by atoms with Crippen LogP contribution in [0.25, 0.3) is 0 Å². The minimum absolute atomic E-state index is 0.391. The molecule has 94 valence electrons. The van der Waals surface area contributed by atoms with E-state index in [1.54, 1.807) is 0 Å². The zero-order valence-corrected chi connectivity index (χ0v) is 10.9. The highest BCUT2D eigenvalue weighted by Crippen LogP contribution is 2.19. The third kappa shape index (κ3) is 4.02. The van der Waals surface area contributed by atoms with Crippen molar-refractivity contribution in [3.63, 3.8) is 0 Å². The lowest BCUT2D eigenvalue weighted by Gasteiger charge is -2.16. The molecule has 0 spiro atoms. The summed E-state index contributed by atoms with van der Waals surface area (Å²) in [5.74, 6) is 1.80. The second-order valence-corrected chi connectivity index (χ2v) is 4.92. The van der Waals surface area contributed by atoms with Crippen LogP contribution in [0.5, 0.6) is 0 Å². The maximum Gasteiger partial charge on any atom is 0.0542 e. The van der Waals surface area contributed by atoms with Crippen molar-refractivity contribution >= 4 is 12.6 Å². The summed E-state index contributed by atoms with van der Waals surface area (Å²) >= 11 is 4.41. The fraction of sp³-hybridized carbons (Fsp3) is 0.571. The molecular weight excluding hydrogens is 232 g/mol. The quantitative estimate of drug-likeness (QED) is 0.785. The van der Waals surface area contributed by atoms with E-state index in [-0.39, 0.29) is 0 Å². The summed E-state index contributed by atoms with van der Waals surface area (Å²) in [6, 6.07) is 10.5. The van der Waals surface area contributed by atoms with E-state index < -0.39 is 0 Å². The number of benzene rings is 1. The van der Waals surface area contributed by atoms with Crippen LogP contribution in [0.4, 0.5) is 0 Å². The lowest BCUT2D eigenvalue weighted by molar-refractivity contribution is 0.0832. The molecule has 1 aliphatic rings. The van der Waals surface area contributed by atoms with Crippen molar-refractivity contribution in [1.82, 2.24) is 0 Å².